The largest absolute Gasteiger partial charge is 0.461 e. The van der Waals surface area contributed by atoms with Gasteiger partial charge in [-0.25, -0.2) is 4.79 Å². The van der Waals surface area contributed by atoms with Gasteiger partial charge in [0.05, 0.1) is 6.61 Å². The smallest absolute Gasteiger partial charge is 0.380 e. The van der Waals surface area contributed by atoms with Crippen LogP contribution in [0, 0.1) is 0 Å². The molecule has 6 heteroatoms. The Morgan fingerprint density at radius 3 is 2.50 bits per heavy atom. The number of alkyl halides is 2. The first-order chi connectivity index (χ1) is 8.25. The Balaban J connectivity index is 3.20. The number of ether oxygens (including phenoxy) is 1. The molecule has 0 fully saturated rings. The van der Waals surface area contributed by atoms with Crippen LogP contribution in [0.15, 0.2) is 28.7 Å². The zero-order valence-electron chi connectivity index (χ0n) is 9.91. The highest BCUT2D eigenvalue weighted by Crippen LogP contribution is 2.41. The first-order valence-electron chi connectivity index (χ1n) is 5.27. The maximum atomic E-state index is 13.9. The molecule has 0 bridgehead atoms. The number of benzene rings is 1. The Labute approximate surface area is 112 Å². The third kappa shape index (κ3) is 2.54. The summed E-state index contributed by atoms with van der Waals surface area (Å²) in [6.07, 6.45) is 0. The van der Waals surface area contributed by atoms with E-state index >= 15 is 0 Å². The van der Waals surface area contributed by atoms with Gasteiger partial charge in [0, 0.05) is 10.0 Å². The standard InChI is InChI=1S/C12H13BrF2O3/c1-3-18-10(16)12(14,15)11(2,17)8-6-4-5-7-9(8)13/h4-7,17H,3H2,1-2H3. The van der Waals surface area contributed by atoms with Crippen LogP contribution >= 0.6 is 15.9 Å². The Morgan fingerprint density at radius 1 is 1.44 bits per heavy atom. The second kappa shape index (κ2) is 5.32. The maximum absolute atomic E-state index is 13.9. The van der Waals surface area contributed by atoms with Gasteiger partial charge < -0.3 is 9.84 Å². The van der Waals surface area contributed by atoms with E-state index in [0.29, 0.717) is 4.47 Å². The summed E-state index contributed by atoms with van der Waals surface area (Å²) in [6, 6.07) is 5.93. The van der Waals surface area contributed by atoms with Gasteiger partial charge in [0.1, 0.15) is 0 Å². The second-order valence-corrected chi connectivity index (χ2v) is 4.70. The van der Waals surface area contributed by atoms with Gasteiger partial charge in [-0.15, -0.1) is 0 Å². The molecule has 0 heterocycles. The minimum absolute atomic E-state index is 0.0805. The summed E-state index contributed by atoms with van der Waals surface area (Å²) in [5, 5.41) is 10.0. The molecule has 0 aliphatic rings. The summed E-state index contributed by atoms with van der Waals surface area (Å²) in [7, 11) is 0. The molecular weight excluding hydrogens is 310 g/mol. The molecule has 0 saturated heterocycles. The highest BCUT2D eigenvalue weighted by Gasteiger charge is 2.58. The van der Waals surface area contributed by atoms with E-state index in [-0.39, 0.29) is 12.2 Å². The van der Waals surface area contributed by atoms with Crippen LogP contribution in [-0.2, 0) is 15.1 Å². The van der Waals surface area contributed by atoms with E-state index < -0.39 is 17.5 Å². The van der Waals surface area contributed by atoms with Crippen molar-refractivity contribution in [3.8, 4) is 0 Å². The summed E-state index contributed by atoms with van der Waals surface area (Å²) < 4.78 is 32.4. The van der Waals surface area contributed by atoms with E-state index in [1.165, 1.54) is 25.1 Å². The minimum Gasteiger partial charge on any atom is -0.461 e. The number of carbonyl (C=O) groups excluding carboxylic acids is 1. The average Bonchev–Trinajstić information content (AvgIpc) is 2.29. The number of hydrogen-bond acceptors (Lipinski definition) is 3. The molecule has 1 atom stereocenters. The summed E-state index contributed by atoms with van der Waals surface area (Å²) in [5.41, 5.74) is -2.73. The lowest BCUT2D eigenvalue weighted by Crippen LogP contribution is -2.50. The van der Waals surface area contributed by atoms with Crippen molar-refractivity contribution in [3.63, 3.8) is 0 Å². The molecule has 0 radical (unpaired) electrons. The first kappa shape index (κ1) is 15.0. The molecule has 1 N–H and O–H groups in total. The number of halogens is 3. The van der Waals surface area contributed by atoms with Crippen LogP contribution in [0.25, 0.3) is 0 Å². The molecule has 1 aromatic rings. The quantitative estimate of drug-likeness (QED) is 0.867. The van der Waals surface area contributed by atoms with Crippen LogP contribution in [0.4, 0.5) is 8.78 Å². The number of carbonyl (C=O) groups is 1. The third-order valence-corrected chi connectivity index (χ3v) is 3.23. The van der Waals surface area contributed by atoms with E-state index in [0.717, 1.165) is 6.92 Å². The zero-order chi connectivity index (χ0) is 14.0. The number of hydrogen-bond donors (Lipinski definition) is 1. The van der Waals surface area contributed by atoms with Crippen LogP contribution < -0.4 is 0 Å². The van der Waals surface area contributed by atoms with E-state index in [4.69, 9.17) is 0 Å². The minimum atomic E-state index is -4.03. The van der Waals surface area contributed by atoms with E-state index in [2.05, 4.69) is 20.7 Å². The van der Waals surface area contributed by atoms with Gasteiger partial charge >= 0.3 is 11.9 Å². The van der Waals surface area contributed by atoms with Crippen LogP contribution in [0.5, 0.6) is 0 Å². The van der Waals surface area contributed by atoms with Gasteiger partial charge in [-0.05, 0) is 19.9 Å². The zero-order valence-corrected chi connectivity index (χ0v) is 11.5. The van der Waals surface area contributed by atoms with Crippen molar-refractivity contribution in [3.05, 3.63) is 34.3 Å². The van der Waals surface area contributed by atoms with Gasteiger partial charge in [-0.3, -0.25) is 0 Å². The van der Waals surface area contributed by atoms with E-state index in [9.17, 15) is 18.7 Å². The van der Waals surface area contributed by atoms with Gasteiger partial charge in [-0.1, -0.05) is 34.1 Å². The van der Waals surface area contributed by atoms with Crippen molar-refractivity contribution < 1.29 is 23.4 Å². The molecule has 1 unspecified atom stereocenters. The van der Waals surface area contributed by atoms with Crippen molar-refractivity contribution in [1.82, 2.24) is 0 Å². The molecule has 18 heavy (non-hydrogen) atoms. The number of esters is 1. The van der Waals surface area contributed by atoms with Crippen molar-refractivity contribution in [2.45, 2.75) is 25.4 Å². The van der Waals surface area contributed by atoms with Crippen LogP contribution in [0.1, 0.15) is 19.4 Å². The Bertz CT molecular complexity index is 447. The van der Waals surface area contributed by atoms with Crippen LogP contribution in [-0.4, -0.2) is 23.6 Å². The molecule has 0 spiro atoms. The monoisotopic (exact) mass is 322 g/mol. The Morgan fingerprint density at radius 2 is 2.00 bits per heavy atom. The molecule has 1 rings (SSSR count). The van der Waals surface area contributed by atoms with Crippen LogP contribution in [0.2, 0.25) is 0 Å². The van der Waals surface area contributed by atoms with Crippen molar-refractivity contribution in [2.75, 3.05) is 6.61 Å². The molecule has 3 nitrogen and oxygen atoms in total. The molecule has 100 valence electrons. The average molecular weight is 323 g/mol. The van der Waals surface area contributed by atoms with Gasteiger partial charge in [0.15, 0.2) is 5.60 Å². The Hall–Kier alpha value is -1.01. The maximum Gasteiger partial charge on any atom is 0.380 e. The SMILES string of the molecule is CCOC(=O)C(F)(F)C(C)(O)c1ccccc1Br. The molecule has 0 saturated carbocycles. The van der Waals surface area contributed by atoms with Crippen molar-refractivity contribution in [1.29, 1.82) is 0 Å². The first-order valence-corrected chi connectivity index (χ1v) is 6.06. The lowest BCUT2D eigenvalue weighted by atomic mass is 9.89. The predicted molar refractivity (Wildman–Crippen MR) is 65.3 cm³/mol. The fourth-order valence-corrected chi connectivity index (χ4v) is 2.12. The molecular formula is C12H13BrF2O3. The summed E-state index contributed by atoms with van der Waals surface area (Å²) >= 11 is 3.07. The molecule has 1 aromatic carbocycles. The van der Waals surface area contributed by atoms with Crippen molar-refractivity contribution >= 4 is 21.9 Å². The molecule has 0 aliphatic carbocycles. The Kier molecular flexibility index (Phi) is 4.45. The summed E-state index contributed by atoms with van der Waals surface area (Å²) in [6.45, 7) is 2.12. The number of aliphatic hydroxyl groups is 1. The van der Waals surface area contributed by atoms with Crippen LogP contribution in [0.3, 0.4) is 0 Å². The second-order valence-electron chi connectivity index (χ2n) is 3.85. The molecule has 0 aromatic heterocycles. The molecule has 0 aliphatic heterocycles. The topological polar surface area (TPSA) is 46.5 Å². The van der Waals surface area contributed by atoms with Gasteiger partial charge in [-0.2, -0.15) is 8.78 Å². The highest BCUT2D eigenvalue weighted by atomic mass is 79.9. The number of rotatable bonds is 4. The molecule has 0 amide bonds. The summed E-state index contributed by atoms with van der Waals surface area (Å²) in [4.78, 5) is 11.2. The lowest BCUT2D eigenvalue weighted by Gasteiger charge is -2.31. The third-order valence-electron chi connectivity index (χ3n) is 2.54. The van der Waals surface area contributed by atoms with Gasteiger partial charge in [0.2, 0.25) is 0 Å². The fourth-order valence-electron chi connectivity index (χ4n) is 1.45. The lowest BCUT2D eigenvalue weighted by molar-refractivity contribution is -0.212. The predicted octanol–water partition coefficient (Wildman–Crippen LogP) is 2.86. The van der Waals surface area contributed by atoms with Crippen molar-refractivity contribution in [2.24, 2.45) is 0 Å². The highest BCUT2D eigenvalue weighted by molar-refractivity contribution is 9.10. The fraction of sp³-hybridized carbons (Fsp3) is 0.417. The van der Waals surface area contributed by atoms with E-state index in [1.54, 1.807) is 6.07 Å². The van der Waals surface area contributed by atoms with Gasteiger partial charge in [0.25, 0.3) is 0 Å². The normalized spacial score (nSPS) is 15.0. The summed E-state index contributed by atoms with van der Waals surface area (Å²) in [5.74, 6) is -5.78. The van der Waals surface area contributed by atoms with E-state index in [1.807, 2.05) is 0 Å².